The fourth-order valence-corrected chi connectivity index (χ4v) is 3.62. The zero-order valence-electron chi connectivity index (χ0n) is 12.4. The Kier molecular flexibility index (Phi) is 4.41. The maximum atomic E-state index is 11.9. The summed E-state index contributed by atoms with van der Waals surface area (Å²) < 4.78 is 2.43. The minimum Gasteiger partial charge on any atom is -0.480 e. The van der Waals surface area contributed by atoms with Crippen LogP contribution in [0.5, 0.6) is 0 Å². The molecule has 0 radical (unpaired) electrons. The van der Waals surface area contributed by atoms with Crippen molar-refractivity contribution in [2.24, 2.45) is 0 Å². The normalized spacial score (nSPS) is 16.7. The van der Waals surface area contributed by atoms with E-state index in [0.29, 0.717) is 5.56 Å². The van der Waals surface area contributed by atoms with Crippen molar-refractivity contribution in [2.45, 2.75) is 25.4 Å². The van der Waals surface area contributed by atoms with Gasteiger partial charge in [0.1, 0.15) is 12.6 Å². The molecule has 0 spiro atoms. The molecule has 122 valence electrons. The van der Waals surface area contributed by atoms with Crippen LogP contribution in [0.25, 0.3) is 10.9 Å². The van der Waals surface area contributed by atoms with E-state index < -0.39 is 18.0 Å². The summed E-state index contributed by atoms with van der Waals surface area (Å²) in [4.78, 5) is 24.9. The van der Waals surface area contributed by atoms with Crippen LogP contribution in [0, 0.1) is 0 Å². The van der Waals surface area contributed by atoms with E-state index in [-0.39, 0.29) is 6.54 Å². The first-order valence-electron chi connectivity index (χ1n) is 7.44. The van der Waals surface area contributed by atoms with Crippen molar-refractivity contribution in [3.63, 3.8) is 0 Å². The number of aliphatic carboxylic acids is 2. The van der Waals surface area contributed by atoms with E-state index in [2.05, 4.69) is 15.9 Å². The minimum absolute atomic E-state index is 0.195. The van der Waals surface area contributed by atoms with Gasteiger partial charge in [-0.05, 0) is 38.1 Å². The number of aromatic nitrogens is 1. The standard InChI is InChI=1S/C16H17BrN2O4/c17-10-3-4-11-12(8-19(9-14(20)21)13(11)7-10)15(16(22)23)18-5-1-2-6-18/h3-4,7-8,15H,1-2,5-6,9H2,(H,20,21)(H,22,23)/t15-/m1/s1. The topological polar surface area (TPSA) is 82.8 Å². The molecular weight excluding hydrogens is 364 g/mol. The van der Waals surface area contributed by atoms with Gasteiger partial charge in [0, 0.05) is 21.6 Å². The van der Waals surface area contributed by atoms with Crippen LogP contribution in [-0.2, 0) is 16.1 Å². The number of carboxylic acid groups (broad SMARTS) is 2. The molecule has 0 aliphatic carbocycles. The number of carbonyl (C=O) groups is 2. The largest absolute Gasteiger partial charge is 0.480 e. The number of carboxylic acids is 2. The molecule has 1 atom stereocenters. The Bertz CT molecular complexity index is 765. The van der Waals surface area contributed by atoms with E-state index in [1.165, 1.54) is 0 Å². The van der Waals surface area contributed by atoms with Crippen LogP contribution < -0.4 is 0 Å². The average Bonchev–Trinajstić information content (AvgIpc) is 3.08. The second-order valence-electron chi connectivity index (χ2n) is 5.75. The molecule has 1 saturated heterocycles. The fraction of sp³-hybridized carbons (Fsp3) is 0.375. The summed E-state index contributed by atoms with van der Waals surface area (Å²) in [5.41, 5.74) is 1.38. The third kappa shape index (κ3) is 3.11. The summed E-state index contributed by atoms with van der Waals surface area (Å²) in [5, 5.41) is 19.6. The molecule has 1 aliphatic rings. The van der Waals surface area contributed by atoms with Gasteiger partial charge in [0.15, 0.2) is 0 Å². The van der Waals surface area contributed by atoms with Crippen molar-refractivity contribution in [1.29, 1.82) is 0 Å². The molecule has 2 heterocycles. The van der Waals surface area contributed by atoms with Crippen LogP contribution in [-0.4, -0.2) is 44.7 Å². The molecular formula is C16H17BrN2O4. The first kappa shape index (κ1) is 16.0. The molecule has 7 heteroatoms. The fourth-order valence-electron chi connectivity index (χ4n) is 3.27. The summed E-state index contributed by atoms with van der Waals surface area (Å²) in [6.07, 6.45) is 3.65. The second kappa shape index (κ2) is 6.33. The van der Waals surface area contributed by atoms with Crippen molar-refractivity contribution < 1.29 is 19.8 Å². The van der Waals surface area contributed by atoms with Crippen LogP contribution in [0.2, 0.25) is 0 Å². The van der Waals surface area contributed by atoms with Gasteiger partial charge in [0.2, 0.25) is 0 Å². The van der Waals surface area contributed by atoms with Gasteiger partial charge in [0.25, 0.3) is 0 Å². The molecule has 23 heavy (non-hydrogen) atoms. The van der Waals surface area contributed by atoms with E-state index in [9.17, 15) is 14.7 Å². The zero-order chi connectivity index (χ0) is 16.6. The molecule has 1 aromatic carbocycles. The van der Waals surface area contributed by atoms with Gasteiger partial charge < -0.3 is 14.8 Å². The number of fused-ring (bicyclic) bond motifs is 1. The van der Waals surface area contributed by atoms with Gasteiger partial charge in [-0.25, -0.2) is 0 Å². The summed E-state index contributed by atoms with van der Waals surface area (Å²) in [6, 6.07) is 4.78. The Balaban J connectivity index is 2.15. The van der Waals surface area contributed by atoms with Crippen LogP contribution in [0.3, 0.4) is 0 Å². The lowest BCUT2D eigenvalue weighted by Crippen LogP contribution is -2.31. The molecule has 0 amide bonds. The number of nitrogens with zero attached hydrogens (tertiary/aromatic N) is 2. The molecule has 2 aromatic rings. The summed E-state index contributed by atoms with van der Waals surface area (Å²) in [5.74, 6) is -1.86. The number of likely N-dealkylation sites (tertiary alicyclic amines) is 1. The predicted molar refractivity (Wildman–Crippen MR) is 88.5 cm³/mol. The first-order chi connectivity index (χ1) is 11.0. The second-order valence-corrected chi connectivity index (χ2v) is 6.67. The predicted octanol–water partition coefficient (Wildman–Crippen LogP) is 2.71. The Labute approximate surface area is 141 Å². The van der Waals surface area contributed by atoms with Crippen LogP contribution in [0.15, 0.2) is 28.9 Å². The average molecular weight is 381 g/mol. The molecule has 0 bridgehead atoms. The van der Waals surface area contributed by atoms with Crippen molar-refractivity contribution in [3.05, 3.63) is 34.4 Å². The Morgan fingerprint density at radius 1 is 1.22 bits per heavy atom. The van der Waals surface area contributed by atoms with E-state index >= 15 is 0 Å². The number of hydrogen-bond acceptors (Lipinski definition) is 3. The summed E-state index contributed by atoms with van der Waals surface area (Å²) in [6.45, 7) is 1.30. The maximum Gasteiger partial charge on any atom is 0.325 e. The number of benzene rings is 1. The van der Waals surface area contributed by atoms with E-state index in [1.807, 2.05) is 23.1 Å². The molecule has 1 fully saturated rings. The Hall–Kier alpha value is -1.86. The monoisotopic (exact) mass is 380 g/mol. The highest BCUT2D eigenvalue weighted by molar-refractivity contribution is 9.10. The molecule has 0 saturated carbocycles. The van der Waals surface area contributed by atoms with E-state index in [1.54, 1.807) is 10.8 Å². The Morgan fingerprint density at radius 3 is 2.52 bits per heavy atom. The van der Waals surface area contributed by atoms with Crippen LogP contribution in [0.1, 0.15) is 24.4 Å². The maximum absolute atomic E-state index is 11.9. The SMILES string of the molecule is O=C(O)Cn1cc([C@H](C(=O)O)N2CCCC2)c2ccc(Br)cc21. The van der Waals surface area contributed by atoms with Crippen molar-refractivity contribution >= 4 is 38.8 Å². The third-order valence-corrected chi connectivity index (χ3v) is 4.71. The van der Waals surface area contributed by atoms with Crippen molar-refractivity contribution in [3.8, 4) is 0 Å². The molecule has 1 aliphatic heterocycles. The lowest BCUT2D eigenvalue weighted by Gasteiger charge is -2.23. The number of halogens is 1. The number of rotatable bonds is 5. The van der Waals surface area contributed by atoms with Gasteiger partial charge in [0.05, 0.1) is 5.52 Å². The lowest BCUT2D eigenvalue weighted by atomic mass is 10.0. The smallest absolute Gasteiger partial charge is 0.325 e. The van der Waals surface area contributed by atoms with Gasteiger partial charge in [-0.1, -0.05) is 22.0 Å². The Morgan fingerprint density at radius 2 is 1.91 bits per heavy atom. The molecule has 3 rings (SSSR count). The molecule has 6 nitrogen and oxygen atoms in total. The zero-order valence-corrected chi connectivity index (χ0v) is 14.0. The summed E-state index contributed by atoms with van der Waals surface area (Å²) in [7, 11) is 0. The van der Waals surface area contributed by atoms with Gasteiger partial charge >= 0.3 is 11.9 Å². The van der Waals surface area contributed by atoms with Crippen LogP contribution >= 0.6 is 15.9 Å². The highest BCUT2D eigenvalue weighted by Gasteiger charge is 2.32. The van der Waals surface area contributed by atoms with E-state index in [0.717, 1.165) is 41.3 Å². The first-order valence-corrected chi connectivity index (χ1v) is 8.23. The van der Waals surface area contributed by atoms with Crippen LogP contribution in [0.4, 0.5) is 0 Å². The van der Waals surface area contributed by atoms with Crippen molar-refractivity contribution in [1.82, 2.24) is 9.47 Å². The minimum atomic E-state index is -0.957. The third-order valence-electron chi connectivity index (χ3n) is 4.22. The van der Waals surface area contributed by atoms with Gasteiger partial charge in [-0.15, -0.1) is 0 Å². The lowest BCUT2D eigenvalue weighted by molar-refractivity contribution is -0.143. The highest BCUT2D eigenvalue weighted by Crippen LogP contribution is 2.33. The van der Waals surface area contributed by atoms with Crippen molar-refractivity contribution in [2.75, 3.05) is 13.1 Å². The number of hydrogen-bond donors (Lipinski definition) is 2. The summed E-state index contributed by atoms with van der Waals surface area (Å²) >= 11 is 3.39. The molecule has 2 N–H and O–H groups in total. The quantitative estimate of drug-likeness (QED) is 0.832. The van der Waals surface area contributed by atoms with Gasteiger partial charge in [-0.3, -0.25) is 14.5 Å². The molecule has 0 unspecified atom stereocenters. The molecule has 1 aromatic heterocycles. The highest BCUT2D eigenvalue weighted by atomic mass is 79.9. The van der Waals surface area contributed by atoms with E-state index in [4.69, 9.17) is 5.11 Å². The van der Waals surface area contributed by atoms with Gasteiger partial charge in [-0.2, -0.15) is 0 Å².